The lowest BCUT2D eigenvalue weighted by Gasteiger charge is -2.20. The van der Waals surface area contributed by atoms with E-state index in [1.807, 2.05) is 68.4 Å². The van der Waals surface area contributed by atoms with E-state index in [-0.39, 0.29) is 17.3 Å². The molecule has 7 nitrogen and oxygen atoms in total. The average Bonchev–Trinajstić information content (AvgIpc) is 3.08. The Morgan fingerprint density at radius 3 is 2.51 bits per heavy atom. The Bertz CT molecular complexity index is 1440. The number of nitrogens with zero attached hydrogens (tertiary/aromatic N) is 1. The number of ketones is 2. The van der Waals surface area contributed by atoms with Gasteiger partial charge in [-0.1, -0.05) is 47.6 Å². The molecule has 0 atom stereocenters. The molecule has 0 saturated heterocycles. The predicted octanol–water partition coefficient (Wildman–Crippen LogP) is 6.09. The Hall–Kier alpha value is -4.10. The predicted molar refractivity (Wildman–Crippen MR) is 153 cm³/mol. The van der Waals surface area contributed by atoms with E-state index in [9.17, 15) is 14.4 Å². The van der Waals surface area contributed by atoms with Crippen molar-refractivity contribution in [3.05, 3.63) is 88.0 Å². The molecule has 0 saturated carbocycles. The SMILES string of the molecule is COCCCCc1ccc2c(c1-c1cc(C(=O)c3ccccc3C)ccc1C)NCC/C(=N\OC(C)=O)C2=O. The first-order valence-electron chi connectivity index (χ1n) is 13.2. The van der Waals surface area contributed by atoms with Crippen LogP contribution in [0.15, 0.2) is 59.8 Å². The second-order valence-corrected chi connectivity index (χ2v) is 9.77. The number of oxime groups is 1. The number of fused-ring (bicyclic) bond motifs is 1. The van der Waals surface area contributed by atoms with Gasteiger partial charge in [0.2, 0.25) is 5.78 Å². The normalized spacial score (nSPS) is 13.9. The number of hydrogen-bond acceptors (Lipinski definition) is 7. The molecule has 0 aromatic heterocycles. The van der Waals surface area contributed by atoms with Gasteiger partial charge in [0.05, 0.1) is 5.69 Å². The molecule has 1 aliphatic heterocycles. The number of benzene rings is 3. The molecule has 7 heteroatoms. The van der Waals surface area contributed by atoms with Crippen LogP contribution in [0, 0.1) is 13.8 Å². The lowest BCUT2D eigenvalue weighted by molar-refractivity contribution is -0.140. The largest absolute Gasteiger partial charge is 0.385 e. The zero-order valence-electron chi connectivity index (χ0n) is 22.9. The topological polar surface area (TPSA) is 94.1 Å². The highest BCUT2D eigenvalue weighted by atomic mass is 16.7. The summed E-state index contributed by atoms with van der Waals surface area (Å²) in [6.07, 6.45) is 2.91. The lowest BCUT2D eigenvalue weighted by atomic mass is 9.87. The molecular weight excluding hydrogens is 492 g/mol. The maximum atomic E-state index is 13.5. The summed E-state index contributed by atoms with van der Waals surface area (Å²) in [5.74, 6) is -0.906. The minimum Gasteiger partial charge on any atom is -0.385 e. The highest BCUT2D eigenvalue weighted by molar-refractivity contribution is 6.47. The summed E-state index contributed by atoms with van der Waals surface area (Å²) in [6, 6.07) is 17.1. The summed E-state index contributed by atoms with van der Waals surface area (Å²) in [5.41, 5.74) is 7.41. The number of anilines is 1. The second kappa shape index (κ2) is 12.6. The van der Waals surface area contributed by atoms with E-state index in [0.29, 0.717) is 42.0 Å². The Labute approximate surface area is 229 Å². The highest BCUT2D eigenvalue weighted by Gasteiger charge is 2.27. The van der Waals surface area contributed by atoms with Crippen LogP contribution < -0.4 is 5.32 Å². The molecule has 0 radical (unpaired) electrons. The van der Waals surface area contributed by atoms with Gasteiger partial charge in [-0.05, 0) is 67.5 Å². The molecule has 3 aromatic rings. The first-order valence-corrected chi connectivity index (χ1v) is 13.2. The van der Waals surface area contributed by atoms with Crippen LogP contribution in [0.25, 0.3) is 11.1 Å². The van der Waals surface area contributed by atoms with Crippen LogP contribution in [0.4, 0.5) is 5.69 Å². The third-order valence-corrected chi connectivity index (χ3v) is 6.95. The van der Waals surface area contributed by atoms with Gasteiger partial charge in [-0.25, -0.2) is 4.79 Å². The summed E-state index contributed by atoms with van der Waals surface area (Å²) < 4.78 is 5.24. The molecule has 0 amide bonds. The van der Waals surface area contributed by atoms with E-state index in [1.54, 1.807) is 7.11 Å². The number of carbonyl (C=O) groups excluding carboxylic acids is 3. The quantitative estimate of drug-likeness (QED) is 0.157. The van der Waals surface area contributed by atoms with Crippen molar-refractivity contribution in [2.45, 2.75) is 46.5 Å². The summed E-state index contributed by atoms with van der Waals surface area (Å²) in [6.45, 7) is 6.31. The zero-order valence-corrected chi connectivity index (χ0v) is 22.9. The van der Waals surface area contributed by atoms with Crippen molar-refractivity contribution in [3.8, 4) is 11.1 Å². The zero-order chi connectivity index (χ0) is 27.9. The number of ether oxygens (including phenoxy) is 1. The third kappa shape index (κ3) is 6.32. The molecule has 0 spiro atoms. The van der Waals surface area contributed by atoms with Gasteiger partial charge in [-0.2, -0.15) is 0 Å². The van der Waals surface area contributed by atoms with Crippen LogP contribution in [0.3, 0.4) is 0 Å². The van der Waals surface area contributed by atoms with E-state index in [4.69, 9.17) is 9.57 Å². The molecule has 0 aliphatic carbocycles. The number of carbonyl (C=O) groups is 3. The Morgan fingerprint density at radius 1 is 0.974 bits per heavy atom. The van der Waals surface area contributed by atoms with Gasteiger partial charge < -0.3 is 14.9 Å². The first-order chi connectivity index (χ1) is 18.8. The second-order valence-electron chi connectivity index (χ2n) is 9.77. The van der Waals surface area contributed by atoms with Crippen LogP contribution >= 0.6 is 0 Å². The molecule has 1 aliphatic rings. The van der Waals surface area contributed by atoms with E-state index >= 15 is 0 Å². The lowest BCUT2D eigenvalue weighted by Crippen LogP contribution is -2.15. The number of hydrogen-bond donors (Lipinski definition) is 1. The number of methoxy groups -OCH3 is 1. The van der Waals surface area contributed by atoms with Gasteiger partial charge in [0.1, 0.15) is 5.71 Å². The van der Waals surface area contributed by atoms with Gasteiger partial charge in [0, 0.05) is 55.9 Å². The van der Waals surface area contributed by atoms with Gasteiger partial charge in [0.15, 0.2) is 5.78 Å². The Kier molecular flexibility index (Phi) is 9.04. The van der Waals surface area contributed by atoms with Crippen molar-refractivity contribution in [3.63, 3.8) is 0 Å². The molecule has 4 rings (SSSR count). The van der Waals surface area contributed by atoms with Crippen LogP contribution in [0.1, 0.15) is 69.2 Å². The number of rotatable bonds is 9. The van der Waals surface area contributed by atoms with Crippen molar-refractivity contribution < 1.29 is 24.0 Å². The molecular formula is C32H34N2O5. The summed E-state index contributed by atoms with van der Waals surface area (Å²) >= 11 is 0. The third-order valence-electron chi connectivity index (χ3n) is 6.95. The number of nitrogens with one attached hydrogen (secondary N) is 1. The number of unbranched alkanes of at least 4 members (excludes halogenated alkanes) is 1. The van der Waals surface area contributed by atoms with Crippen molar-refractivity contribution in [1.82, 2.24) is 0 Å². The molecule has 1 heterocycles. The average molecular weight is 527 g/mol. The van der Waals surface area contributed by atoms with Crippen molar-refractivity contribution in [2.24, 2.45) is 5.16 Å². The van der Waals surface area contributed by atoms with Gasteiger partial charge in [0.25, 0.3) is 0 Å². The fraction of sp³-hybridized carbons (Fsp3) is 0.312. The van der Waals surface area contributed by atoms with E-state index in [1.165, 1.54) is 6.92 Å². The Morgan fingerprint density at radius 2 is 1.77 bits per heavy atom. The van der Waals surface area contributed by atoms with Crippen molar-refractivity contribution in [1.29, 1.82) is 0 Å². The molecule has 0 fully saturated rings. The molecule has 202 valence electrons. The van der Waals surface area contributed by atoms with E-state index in [0.717, 1.165) is 47.1 Å². The molecule has 0 bridgehead atoms. The molecule has 3 aromatic carbocycles. The van der Waals surface area contributed by atoms with E-state index in [2.05, 4.69) is 10.5 Å². The minimum absolute atomic E-state index is 0.0437. The summed E-state index contributed by atoms with van der Waals surface area (Å²) in [7, 11) is 1.69. The van der Waals surface area contributed by atoms with Crippen molar-refractivity contribution >= 4 is 28.9 Å². The smallest absolute Gasteiger partial charge is 0.331 e. The molecule has 39 heavy (non-hydrogen) atoms. The van der Waals surface area contributed by atoms with E-state index < -0.39 is 5.97 Å². The monoisotopic (exact) mass is 526 g/mol. The van der Waals surface area contributed by atoms with Gasteiger partial charge >= 0.3 is 5.97 Å². The fourth-order valence-corrected chi connectivity index (χ4v) is 4.89. The molecule has 0 unspecified atom stereocenters. The fourth-order valence-electron chi connectivity index (χ4n) is 4.89. The van der Waals surface area contributed by atoms with Crippen LogP contribution in [0.5, 0.6) is 0 Å². The standard InChI is InChI=1S/C32H34N2O5/c1-20-9-5-6-11-25(20)31(36)24-13-12-21(2)27(19-24)29-23(10-7-8-18-38-4)14-15-26-30(29)33-17-16-28(32(26)37)34-39-22(3)35/h5-6,9,11-15,19,33H,7-8,10,16-18H2,1-4H3/b34-28+. The maximum Gasteiger partial charge on any atom is 0.331 e. The minimum atomic E-state index is -0.578. The summed E-state index contributed by atoms with van der Waals surface area (Å²) in [5, 5.41) is 7.28. The summed E-state index contributed by atoms with van der Waals surface area (Å²) in [4.78, 5) is 43.1. The Balaban J connectivity index is 1.85. The number of Topliss-reactive ketones (excluding diaryl/α,β-unsaturated/α-hetero) is 1. The number of aryl methyl sites for hydroxylation is 3. The van der Waals surface area contributed by atoms with Crippen LogP contribution in [0.2, 0.25) is 0 Å². The first kappa shape index (κ1) is 27.9. The molecule has 1 N–H and O–H groups in total. The van der Waals surface area contributed by atoms with Crippen molar-refractivity contribution in [2.75, 3.05) is 25.6 Å². The van der Waals surface area contributed by atoms with Crippen LogP contribution in [-0.4, -0.2) is 43.5 Å². The van der Waals surface area contributed by atoms with Gasteiger partial charge in [-0.3, -0.25) is 9.59 Å². The van der Waals surface area contributed by atoms with Crippen LogP contribution in [-0.2, 0) is 20.8 Å². The highest BCUT2D eigenvalue weighted by Crippen LogP contribution is 2.39. The maximum absolute atomic E-state index is 13.5. The van der Waals surface area contributed by atoms with Gasteiger partial charge in [-0.15, -0.1) is 0 Å².